The van der Waals surface area contributed by atoms with Gasteiger partial charge in [-0.1, -0.05) is 28.2 Å². The van der Waals surface area contributed by atoms with Gasteiger partial charge in [-0.25, -0.2) is 4.98 Å². The maximum atomic E-state index is 12.3. The molecule has 0 aliphatic rings. The van der Waals surface area contributed by atoms with Crippen molar-refractivity contribution in [2.45, 2.75) is 6.18 Å². The number of carbonyl (C=O) groups excluding carboxylic acids is 1. The van der Waals surface area contributed by atoms with Crippen LogP contribution >= 0.6 is 23.1 Å². The average Bonchev–Trinajstić information content (AvgIpc) is 3.15. The van der Waals surface area contributed by atoms with Gasteiger partial charge in [-0.2, -0.15) is 13.2 Å². The summed E-state index contributed by atoms with van der Waals surface area (Å²) in [5.74, 6) is -0.915. The Morgan fingerprint density at radius 2 is 2.00 bits per heavy atom. The molecule has 3 aromatic rings. The van der Waals surface area contributed by atoms with E-state index in [2.05, 4.69) is 24.6 Å². The van der Waals surface area contributed by atoms with E-state index in [1.807, 2.05) is 0 Å². The monoisotopic (exact) mass is 414 g/mol. The Hall–Kier alpha value is -2.72. The molecule has 0 radical (unpaired) electrons. The number of alkyl halides is 3. The molecule has 0 fully saturated rings. The molecule has 0 spiro atoms. The topological polar surface area (TPSA) is 77.0 Å². The maximum Gasteiger partial charge on any atom is 0.422 e. The van der Waals surface area contributed by atoms with Crippen LogP contribution in [0.15, 0.2) is 41.9 Å². The Morgan fingerprint density at radius 1 is 1.26 bits per heavy atom. The fraction of sp³-hybridized carbons (Fsp3) is 0.125. The van der Waals surface area contributed by atoms with Crippen molar-refractivity contribution in [3.05, 3.63) is 52.5 Å². The zero-order valence-corrected chi connectivity index (χ0v) is 14.9. The highest BCUT2D eigenvalue weighted by molar-refractivity contribution is 7.03. The second-order valence-corrected chi connectivity index (χ2v) is 6.25. The van der Waals surface area contributed by atoms with Gasteiger partial charge in [0.15, 0.2) is 6.61 Å². The predicted molar refractivity (Wildman–Crippen MR) is 94.1 cm³/mol. The van der Waals surface area contributed by atoms with Crippen molar-refractivity contribution in [3.63, 3.8) is 0 Å². The van der Waals surface area contributed by atoms with Gasteiger partial charge in [-0.15, -0.1) is 5.10 Å². The number of halogens is 4. The first-order chi connectivity index (χ1) is 12.8. The van der Waals surface area contributed by atoms with Crippen molar-refractivity contribution >= 4 is 34.7 Å². The summed E-state index contributed by atoms with van der Waals surface area (Å²) in [6, 6.07) is 8.09. The third-order valence-corrected chi connectivity index (χ3v) is 4.02. The number of nitrogens with one attached hydrogen (secondary N) is 1. The maximum absolute atomic E-state index is 12.3. The van der Waals surface area contributed by atoms with Gasteiger partial charge in [0.1, 0.15) is 10.7 Å². The first kappa shape index (κ1) is 19.1. The Morgan fingerprint density at radius 3 is 2.59 bits per heavy atom. The summed E-state index contributed by atoms with van der Waals surface area (Å²) in [5, 5.41) is 8.19. The first-order valence-corrected chi connectivity index (χ1v) is 8.57. The van der Waals surface area contributed by atoms with Crippen LogP contribution in [0.5, 0.6) is 5.88 Å². The second kappa shape index (κ2) is 7.89. The molecule has 11 heteroatoms. The van der Waals surface area contributed by atoms with Gasteiger partial charge in [0.05, 0.1) is 5.56 Å². The lowest BCUT2D eigenvalue weighted by Gasteiger charge is -2.10. The van der Waals surface area contributed by atoms with Crippen LogP contribution in [0.25, 0.3) is 11.3 Å². The van der Waals surface area contributed by atoms with E-state index in [1.54, 1.807) is 29.6 Å². The molecule has 0 aliphatic carbocycles. The molecule has 0 aliphatic heterocycles. The van der Waals surface area contributed by atoms with Crippen molar-refractivity contribution in [1.82, 2.24) is 14.6 Å². The van der Waals surface area contributed by atoms with Crippen molar-refractivity contribution in [2.75, 3.05) is 11.9 Å². The molecular formula is C16H10ClF3N4O2S. The fourth-order valence-electron chi connectivity index (χ4n) is 2.02. The summed E-state index contributed by atoms with van der Waals surface area (Å²) in [4.78, 5) is 15.9. The van der Waals surface area contributed by atoms with E-state index in [0.717, 1.165) is 17.5 Å². The van der Waals surface area contributed by atoms with Crippen molar-refractivity contribution in [1.29, 1.82) is 0 Å². The fourth-order valence-corrected chi connectivity index (χ4v) is 2.71. The minimum absolute atomic E-state index is 0.0761. The van der Waals surface area contributed by atoms with Crippen molar-refractivity contribution in [2.24, 2.45) is 0 Å². The van der Waals surface area contributed by atoms with E-state index in [4.69, 9.17) is 11.6 Å². The molecule has 6 nitrogen and oxygen atoms in total. The van der Waals surface area contributed by atoms with E-state index in [9.17, 15) is 18.0 Å². The minimum Gasteiger partial charge on any atom is -0.467 e. The van der Waals surface area contributed by atoms with E-state index in [-0.39, 0.29) is 10.6 Å². The normalized spacial score (nSPS) is 11.3. The van der Waals surface area contributed by atoms with E-state index >= 15 is 0 Å². The van der Waals surface area contributed by atoms with Crippen LogP contribution < -0.4 is 10.1 Å². The number of anilines is 1. The number of ether oxygens (including phenoxy) is 1. The van der Waals surface area contributed by atoms with Gasteiger partial charge in [0, 0.05) is 22.8 Å². The van der Waals surface area contributed by atoms with Crippen LogP contribution in [-0.2, 0) is 0 Å². The quantitative estimate of drug-likeness (QED) is 0.667. The second-order valence-electron chi connectivity index (χ2n) is 5.24. The Labute approximate surface area is 160 Å². The predicted octanol–water partition coefficient (Wildman–Crippen LogP) is 4.45. The number of nitrogens with zero attached hydrogens (tertiary/aromatic N) is 3. The van der Waals surface area contributed by atoms with Crippen LogP contribution in [0.3, 0.4) is 0 Å². The highest BCUT2D eigenvalue weighted by Gasteiger charge is 2.29. The average molecular weight is 415 g/mol. The first-order valence-electron chi connectivity index (χ1n) is 7.36. The molecule has 27 heavy (non-hydrogen) atoms. The standard InChI is InChI=1S/C16H10ClF3N4O2S/c17-12-5-10(6-21-15(12)26-8-16(18,19)20)14(25)22-11-3-1-9(2-4-11)13-7-27-24-23-13/h1-7H,8H2,(H,22,25). The smallest absolute Gasteiger partial charge is 0.422 e. The minimum atomic E-state index is -4.51. The van der Waals surface area contributed by atoms with Crippen LogP contribution in [0, 0.1) is 0 Å². The number of aromatic nitrogens is 3. The summed E-state index contributed by atoms with van der Waals surface area (Å²) in [7, 11) is 0. The van der Waals surface area contributed by atoms with E-state index in [1.165, 1.54) is 17.6 Å². The number of rotatable bonds is 5. The Bertz CT molecular complexity index is 934. The van der Waals surface area contributed by atoms with E-state index in [0.29, 0.717) is 5.69 Å². The van der Waals surface area contributed by atoms with Crippen LogP contribution in [-0.4, -0.2) is 33.3 Å². The number of amides is 1. The lowest BCUT2D eigenvalue weighted by Crippen LogP contribution is -2.20. The van der Waals surface area contributed by atoms with Gasteiger partial charge in [-0.05, 0) is 29.7 Å². The lowest BCUT2D eigenvalue weighted by atomic mass is 10.1. The van der Waals surface area contributed by atoms with Crippen LogP contribution in [0.2, 0.25) is 5.02 Å². The van der Waals surface area contributed by atoms with Crippen LogP contribution in [0.1, 0.15) is 10.4 Å². The highest BCUT2D eigenvalue weighted by Crippen LogP contribution is 2.26. The largest absolute Gasteiger partial charge is 0.467 e. The van der Waals surface area contributed by atoms with Gasteiger partial charge < -0.3 is 10.1 Å². The van der Waals surface area contributed by atoms with Gasteiger partial charge in [0.2, 0.25) is 5.88 Å². The summed E-state index contributed by atoms with van der Waals surface area (Å²) < 4.78 is 44.8. The van der Waals surface area contributed by atoms with Crippen LogP contribution in [0.4, 0.5) is 18.9 Å². The third kappa shape index (κ3) is 5.14. The molecule has 1 amide bonds. The SMILES string of the molecule is O=C(Nc1ccc(-c2csnn2)cc1)c1cnc(OCC(F)(F)F)c(Cl)c1. The zero-order chi connectivity index (χ0) is 19.4. The van der Waals surface area contributed by atoms with Gasteiger partial charge in [0.25, 0.3) is 5.91 Å². The Kier molecular flexibility index (Phi) is 5.57. The number of hydrogen-bond donors (Lipinski definition) is 1. The molecule has 140 valence electrons. The molecule has 2 heterocycles. The number of benzene rings is 1. The number of hydrogen-bond acceptors (Lipinski definition) is 6. The molecule has 2 aromatic heterocycles. The lowest BCUT2D eigenvalue weighted by molar-refractivity contribution is -0.154. The van der Waals surface area contributed by atoms with E-state index < -0.39 is 24.6 Å². The Balaban J connectivity index is 1.66. The molecule has 1 aromatic carbocycles. The molecule has 3 rings (SSSR count). The summed E-state index contributed by atoms with van der Waals surface area (Å²) in [5.41, 5.74) is 2.16. The summed E-state index contributed by atoms with van der Waals surface area (Å²) in [6.07, 6.45) is -3.43. The molecular weight excluding hydrogens is 405 g/mol. The molecule has 1 N–H and O–H groups in total. The van der Waals surface area contributed by atoms with Crippen molar-refractivity contribution < 1.29 is 22.7 Å². The van der Waals surface area contributed by atoms with Gasteiger partial charge in [-0.3, -0.25) is 4.79 Å². The highest BCUT2D eigenvalue weighted by atomic mass is 35.5. The summed E-state index contributed by atoms with van der Waals surface area (Å²) in [6.45, 7) is -1.52. The summed E-state index contributed by atoms with van der Waals surface area (Å²) >= 11 is 7.07. The zero-order valence-electron chi connectivity index (χ0n) is 13.3. The molecule has 0 atom stereocenters. The van der Waals surface area contributed by atoms with Gasteiger partial charge >= 0.3 is 6.18 Å². The number of carbonyl (C=O) groups is 1. The molecule has 0 bridgehead atoms. The number of pyridine rings is 1. The molecule has 0 unspecified atom stereocenters. The third-order valence-electron chi connectivity index (χ3n) is 3.24. The van der Waals surface area contributed by atoms with Crippen molar-refractivity contribution in [3.8, 4) is 17.1 Å². The molecule has 0 saturated carbocycles. The molecule has 0 saturated heterocycles.